The van der Waals surface area contributed by atoms with Crippen molar-refractivity contribution in [2.24, 2.45) is 7.05 Å². The fraction of sp³-hybridized carbons (Fsp3) is 0.647. The van der Waals surface area contributed by atoms with Crippen LogP contribution in [0.4, 0.5) is 0 Å². The maximum absolute atomic E-state index is 12.1. The first kappa shape index (κ1) is 18.3. The highest BCUT2D eigenvalue weighted by Gasteiger charge is 2.22. The number of carbonyl (C=O) groups excluding carboxylic acids is 2. The van der Waals surface area contributed by atoms with Crippen LogP contribution < -0.4 is 5.32 Å². The fourth-order valence-corrected chi connectivity index (χ4v) is 2.58. The van der Waals surface area contributed by atoms with Crippen LogP contribution in [0.15, 0.2) is 0 Å². The number of hydrogen-bond donors (Lipinski definition) is 1. The third-order valence-electron chi connectivity index (χ3n) is 4.17. The first-order valence-electron chi connectivity index (χ1n) is 7.94. The minimum atomic E-state index is -0.289. The Bertz CT molecular complexity index is 547. The van der Waals surface area contributed by atoms with E-state index in [4.69, 9.17) is 4.74 Å². The summed E-state index contributed by atoms with van der Waals surface area (Å²) in [5.41, 5.74) is 3.43. The molecule has 124 valence electrons. The fourth-order valence-electron chi connectivity index (χ4n) is 2.58. The second-order valence-corrected chi connectivity index (χ2v) is 5.69. The van der Waals surface area contributed by atoms with E-state index in [2.05, 4.69) is 5.32 Å². The van der Waals surface area contributed by atoms with Crippen LogP contribution in [0, 0.1) is 13.8 Å². The molecular weight excluding hydrogens is 280 g/mol. The van der Waals surface area contributed by atoms with Crippen molar-refractivity contribution in [2.45, 2.75) is 59.9 Å². The molecule has 0 aromatic carbocycles. The zero-order valence-corrected chi connectivity index (χ0v) is 14.6. The maximum Gasteiger partial charge on any atom is 0.340 e. The van der Waals surface area contributed by atoms with E-state index in [-0.39, 0.29) is 17.9 Å². The van der Waals surface area contributed by atoms with Gasteiger partial charge in [0.15, 0.2) is 0 Å². The Hall–Kier alpha value is -1.78. The van der Waals surface area contributed by atoms with Gasteiger partial charge in [-0.1, -0.05) is 6.92 Å². The predicted octanol–water partition coefficient (Wildman–Crippen LogP) is 2.67. The lowest BCUT2D eigenvalue weighted by molar-refractivity contribution is -0.121. The first-order valence-corrected chi connectivity index (χ1v) is 7.94. The number of rotatable bonds is 7. The molecule has 0 unspecified atom stereocenters. The molecule has 0 bridgehead atoms. The van der Waals surface area contributed by atoms with Gasteiger partial charge in [-0.25, -0.2) is 4.79 Å². The molecule has 0 fully saturated rings. The van der Waals surface area contributed by atoms with Crippen LogP contribution in [-0.2, 0) is 23.0 Å². The number of hydrogen-bond acceptors (Lipinski definition) is 3. The van der Waals surface area contributed by atoms with Crippen molar-refractivity contribution >= 4 is 11.9 Å². The average Bonchev–Trinajstić information content (AvgIpc) is 2.67. The summed E-state index contributed by atoms with van der Waals surface area (Å²) in [5, 5.41) is 2.96. The van der Waals surface area contributed by atoms with Crippen molar-refractivity contribution in [3.8, 4) is 0 Å². The second kappa shape index (κ2) is 8.01. The maximum atomic E-state index is 12.1. The Balaban J connectivity index is 2.86. The van der Waals surface area contributed by atoms with Crippen molar-refractivity contribution in [2.75, 3.05) is 6.61 Å². The molecule has 1 N–H and O–H groups in total. The molecule has 0 spiro atoms. The minimum Gasteiger partial charge on any atom is -0.462 e. The van der Waals surface area contributed by atoms with Crippen molar-refractivity contribution in [1.82, 2.24) is 9.88 Å². The number of nitrogens with one attached hydrogen (secondary N) is 1. The van der Waals surface area contributed by atoms with Crippen molar-refractivity contribution in [3.63, 3.8) is 0 Å². The van der Waals surface area contributed by atoms with E-state index >= 15 is 0 Å². The number of carbonyl (C=O) groups is 2. The summed E-state index contributed by atoms with van der Waals surface area (Å²) in [7, 11) is 1.92. The van der Waals surface area contributed by atoms with Gasteiger partial charge in [0, 0.05) is 30.9 Å². The zero-order valence-electron chi connectivity index (χ0n) is 14.6. The molecule has 1 aromatic rings. The Kier molecular flexibility index (Phi) is 6.65. The van der Waals surface area contributed by atoms with E-state index in [0.29, 0.717) is 25.0 Å². The van der Waals surface area contributed by atoms with Crippen LogP contribution in [0.2, 0.25) is 0 Å². The van der Waals surface area contributed by atoms with Crippen LogP contribution in [0.1, 0.15) is 60.9 Å². The number of nitrogens with zero attached hydrogens (tertiary/aromatic N) is 1. The molecule has 22 heavy (non-hydrogen) atoms. The van der Waals surface area contributed by atoms with E-state index in [0.717, 1.165) is 23.4 Å². The summed E-state index contributed by atoms with van der Waals surface area (Å²) in [6, 6.07) is 0.193. The molecule has 0 aliphatic heterocycles. The van der Waals surface area contributed by atoms with Gasteiger partial charge in [-0.3, -0.25) is 4.79 Å². The summed E-state index contributed by atoms with van der Waals surface area (Å²) in [5.74, 6) is -0.242. The van der Waals surface area contributed by atoms with Crippen LogP contribution in [0.25, 0.3) is 0 Å². The number of esters is 1. The monoisotopic (exact) mass is 308 g/mol. The molecule has 1 aromatic heterocycles. The lowest BCUT2D eigenvalue weighted by atomic mass is 10.1. The van der Waals surface area contributed by atoms with Crippen molar-refractivity contribution < 1.29 is 14.3 Å². The van der Waals surface area contributed by atoms with Gasteiger partial charge in [0.25, 0.3) is 0 Å². The van der Waals surface area contributed by atoms with Crippen LogP contribution in [-0.4, -0.2) is 29.1 Å². The smallest absolute Gasteiger partial charge is 0.340 e. The summed E-state index contributed by atoms with van der Waals surface area (Å²) in [6.07, 6.45) is 1.95. The van der Waals surface area contributed by atoms with Crippen LogP contribution in [0.3, 0.4) is 0 Å². The second-order valence-electron chi connectivity index (χ2n) is 5.69. The highest BCUT2D eigenvalue weighted by Crippen LogP contribution is 2.23. The molecule has 0 saturated heterocycles. The van der Waals surface area contributed by atoms with Gasteiger partial charge in [0.2, 0.25) is 5.91 Å². The summed E-state index contributed by atoms with van der Waals surface area (Å²) in [6.45, 7) is 10.0. The van der Waals surface area contributed by atoms with E-state index in [1.807, 2.05) is 39.3 Å². The molecule has 1 rings (SSSR count). The lowest BCUT2D eigenvalue weighted by Crippen LogP contribution is -2.32. The molecular formula is C17H28N2O3. The summed E-state index contributed by atoms with van der Waals surface area (Å²) >= 11 is 0. The molecule has 5 heteroatoms. The Morgan fingerprint density at radius 1 is 1.27 bits per heavy atom. The summed E-state index contributed by atoms with van der Waals surface area (Å²) in [4.78, 5) is 24.0. The molecule has 0 aliphatic rings. The zero-order chi connectivity index (χ0) is 16.9. The van der Waals surface area contributed by atoms with Gasteiger partial charge in [-0.05, 0) is 46.1 Å². The molecule has 0 saturated carbocycles. The first-order chi connectivity index (χ1) is 10.3. The molecule has 0 radical (unpaired) electrons. The highest BCUT2D eigenvalue weighted by molar-refractivity contribution is 5.93. The van der Waals surface area contributed by atoms with Crippen LogP contribution >= 0.6 is 0 Å². The van der Waals surface area contributed by atoms with Gasteiger partial charge in [0.1, 0.15) is 0 Å². The molecule has 5 nitrogen and oxygen atoms in total. The van der Waals surface area contributed by atoms with Crippen molar-refractivity contribution in [3.05, 3.63) is 22.5 Å². The molecule has 1 heterocycles. The van der Waals surface area contributed by atoms with E-state index < -0.39 is 0 Å². The average molecular weight is 308 g/mol. The molecule has 0 aliphatic carbocycles. The van der Waals surface area contributed by atoms with Gasteiger partial charge in [-0.2, -0.15) is 0 Å². The lowest BCUT2D eigenvalue weighted by Gasteiger charge is -2.12. The van der Waals surface area contributed by atoms with Gasteiger partial charge in [0.05, 0.1) is 12.2 Å². The largest absolute Gasteiger partial charge is 0.462 e. The minimum absolute atomic E-state index is 0.0466. The number of aromatic nitrogens is 1. The quantitative estimate of drug-likeness (QED) is 0.788. The Morgan fingerprint density at radius 2 is 1.91 bits per heavy atom. The van der Waals surface area contributed by atoms with E-state index in [9.17, 15) is 9.59 Å². The van der Waals surface area contributed by atoms with E-state index in [1.165, 1.54) is 0 Å². The van der Waals surface area contributed by atoms with Gasteiger partial charge >= 0.3 is 5.97 Å². The highest BCUT2D eigenvalue weighted by atomic mass is 16.5. The van der Waals surface area contributed by atoms with Gasteiger partial charge < -0.3 is 14.6 Å². The standard InChI is InChI=1S/C17H28N2O3/c1-7-11(3)18-15(20)10-9-14-12(4)16(13(5)19(14)6)17(21)22-8-2/h11H,7-10H2,1-6H3,(H,18,20)/t11-/m1/s1. The topological polar surface area (TPSA) is 60.3 Å². The number of amides is 1. The summed E-state index contributed by atoms with van der Waals surface area (Å²) < 4.78 is 7.10. The SMILES string of the molecule is CCOC(=O)c1c(C)c(CCC(=O)N[C@H](C)CC)n(C)c1C. The van der Waals surface area contributed by atoms with Crippen molar-refractivity contribution in [1.29, 1.82) is 0 Å². The third-order valence-corrected chi connectivity index (χ3v) is 4.17. The van der Waals surface area contributed by atoms with Gasteiger partial charge in [-0.15, -0.1) is 0 Å². The number of ether oxygens (including phenoxy) is 1. The van der Waals surface area contributed by atoms with E-state index in [1.54, 1.807) is 6.92 Å². The third kappa shape index (κ3) is 4.12. The predicted molar refractivity (Wildman–Crippen MR) is 87.1 cm³/mol. The molecule has 1 atom stereocenters. The Labute approximate surface area is 133 Å². The Morgan fingerprint density at radius 3 is 2.45 bits per heavy atom. The normalized spacial score (nSPS) is 12.1. The van der Waals surface area contributed by atoms with Crippen LogP contribution in [0.5, 0.6) is 0 Å². The molecule has 1 amide bonds.